The lowest BCUT2D eigenvalue weighted by Crippen LogP contribution is -2.51. The Hall–Kier alpha value is -2.40. The van der Waals surface area contributed by atoms with Crippen LogP contribution in [0.4, 0.5) is 0 Å². The SMILES string of the molecule is CC(=O)CCCCCC(CC(=O)C1CCCN1C(=O)C1CCCN1C(=O)CCSSc1ccccn1)C(=O)O. The van der Waals surface area contributed by atoms with Gasteiger partial charge in [0.25, 0.3) is 0 Å². The Balaban J connectivity index is 1.50. The number of amides is 2. The molecule has 0 bridgehead atoms. The largest absolute Gasteiger partial charge is 0.481 e. The second-order valence-electron chi connectivity index (χ2n) is 10.3. The Labute approximate surface area is 238 Å². The molecule has 0 radical (unpaired) electrons. The zero-order valence-corrected chi connectivity index (χ0v) is 24.2. The molecule has 3 rings (SSSR count). The summed E-state index contributed by atoms with van der Waals surface area (Å²) >= 11 is 0. The number of hydrogen-bond donors (Lipinski definition) is 1. The van der Waals surface area contributed by atoms with Crippen molar-refractivity contribution in [2.45, 2.75) is 94.7 Å². The first kappa shape index (κ1) is 31.1. The van der Waals surface area contributed by atoms with Gasteiger partial charge < -0.3 is 19.7 Å². The van der Waals surface area contributed by atoms with Gasteiger partial charge in [-0.25, -0.2) is 4.98 Å². The van der Waals surface area contributed by atoms with Gasteiger partial charge in [0.05, 0.1) is 12.0 Å². The quantitative estimate of drug-likeness (QED) is 0.225. The molecular weight excluding hydrogens is 538 g/mol. The number of Topliss-reactive ketones (excluding diaryl/α,β-unsaturated/α-hetero) is 2. The van der Waals surface area contributed by atoms with E-state index in [1.54, 1.807) is 26.8 Å². The number of pyridine rings is 1. The number of carbonyl (C=O) groups excluding carboxylic acids is 4. The number of carboxylic acids is 1. The molecule has 11 heteroatoms. The van der Waals surface area contributed by atoms with Crippen LogP contribution in [-0.2, 0) is 24.0 Å². The van der Waals surface area contributed by atoms with Gasteiger partial charge in [-0.15, -0.1) is 0 Å². The van der Waals surface area contributed by atoms with E-state index in [1.807, 2.05) is 18.2 Å². The Morgan fingerprint density at radius 3 is 2.44 bits per heavy atom. The highest BCUT2D eigenvalue weighted by atomic mass is 33.1. The first-order valence-electron chi connectivity index (χ1n) is 13.8. The molecule has 0 aromatic carbocycles. The number of unbranched alkanes of at least 4 members (excludes halogenated alkanes) is 2. The van der Waals surface area contributed by atoms with Crippen molar-refractivity contribution in [1.82, 2.24) is 14.8 Å². The van der Waals surface area contributed by atoms with Crippen LogP contribution in [0.25, 0.3) is 0 Å². The molecule has 0 aliphatic carbocycles. The third-order valence-corrected chi connectivity index (χ3v) is 9.59. The van der Waals surface area contributed by atoms with Crippen LogP contribution in [-0.4, -0.2) is 80.2 Å². The number of nitrogens with zero attached hydrogens (tertiary/aromatic N) is 3. The van der Waals surface area contributed by atoms with Gasteiger partial charge in [0.1, 0.15) is 16.9 Å². The Kier molecular flexibility index (Phi) is 12.8. The number of rotatable bonds is 16. The molecule has 1 N–H and O–H groups in total. The van der Waals surface area contributed by atoms with Gasteiger partial charge in [0, 0.05) is 44.3 Å². The summed E-state index contributed by atoms with van der Waals surface area (Å²) in [5.74, 6) is -1.53. The van der Waals surface area contributed by atoms with Crippen LogP contribution >= 0.6 is 21.6 Å². The molecular formula is C28H39N3O6S2. The normalized spacial score (nSPS) is 19.7. The van der Waals surface area contributed by atoms with Crippen molar-refractivity contribution in [2.24, 2.45) is 5.92 Å². The van der Waals surface area contributed by atoms with Gasteiger partial charge in [0.2, 0.25) is 11.8 Å². The van der Waals surface area contributed by atoms with Crippen molar-refractivity contribution in [3.63, 3.8) is 0 Å². The summed E-state index contributed by atoms with van der Waals surface area (Å²) in [5.41, 5.74) is 0. The van der Waals surface area contributed by atoms with E-state index in [0.29, 0.717) is 63.8 Å². The predicted molar refractivity (Wildman–Crippen MR) is 151 cm³/mol. The maximum atomic E-state index is 13.5. The molecule has 2 amide bonds. The standard InChI is InChI=1S/C28H39N3O6S2/c1-20(32)9-3-2-4-10-21(28(36)37)19-24(33)22-11-7-17-31(22)27(35)23-12-8-16-30(23)26(34)14-18-38-39-25-13-5-6-15-29-25/h5-6,13,15,21-23H,2-4,7-12,14,16-19H2,1H3,(H,36,37). The van der Waals surface area contributed by atoms with Crippen molar-refractivity contribution in [2.75, 3.05) is 18.8 Å². The number of carbonyl (C=O) groups is 5. The number of aromatic nitrogens is 1. The summed E-state index contributed by atoms with van der Waals surface area (Å²) in [6.45, 7) is 2.52. The van der Waals surface area contributed by atoms with Crippen LogP contribution < -0.4 is 0 Å². The van der Waals surface area contributed by atoms with Crippen LogP contribution in [0.3, 0.4) is 0 Å². The van der Waals surface area contributed by atoms with E-state index in [9.17, 15) is 29.1 Å². The maximum Gasteiger partial charge on any atom is 0.306 e. The van der Waals surface area contributed by atoms with Gasteiger partial charge >= 0.3 is 5.97 Å². The second kappa shape index (κ2) is 16.0. The highest BCUT2D eigenvalue weighted by Crippen LogP contribution is 2.31. The molecule has 2 fully saturated rings. The summed E-state index contributed by atoms with van der Waals surface area (Å²) in [4.78, 5) is 70.1. The molecule has 3 atom stereocenters. The van der Waals surface area contributed by atoms with E-state index < -0.39 is 24.0 Å². The van der Waals surface area contributed by atoms with Crippen molar-refractivity contribution in [1.29, 1.82) is 0 Å². The predicted octanol–water partition coefficient (Wildman–Crippen LogP) is 4.39. The van der Waals surface area contributed by atoms with Crippen molar-refractivity contribution in [3.8, 4) is 0 Å². The van der Waals surface area contributed by atoms with Crippen molar-refractivity contribution >= 4 is 50.9 Å². The minimum absolute atomic E-state index is 0.0576. The zero-order valence-electron chi connectivity index (χ0n) is 22.6. The highest BCUT2D eigenvalue weighted by Gasteiger charge is 2.42. The summed E-state index contributed by atoms with van der Waals surface area (Å²) < 4.78 is 0. The number of ketones is 2. The minimum atomic E-state index is -1.00. The topological polar surface area (TPSA) is 125 Å². The van der Waals surface area contributed by atoms with E-state index in [1.165, 1.54) is 17.7 Å². The maximum absolute atomic E-state index is 13.5. The summed E-state index contributed by atoms with van der Waals surface area (Å²) in [7, 11) is 3.07. The zero-order chi connectivity index (χ0) is 28.2. The molecule has 2 aliphatic rings. The van der Waals surface area contributed by atoms with Gasteiger partial charge in [-0.05, 0) is 68.4 Å². The van der Waals surface area contributed by atoms with Crippen molar-refractivity contribution < 1.29 is 29.1 Å². The fourth-order valence-corrected chi connectivity index (χ4v) is 7.14. The molecule has 2 aliphatic heterocycles. The summed E-state index contributed by atoms with van der Waals surface area (Å²) in [6, 6.07) is 4.50. The number of aliphatic carboxylic acids is 1. The van der Waals surface area contributed by atoms with Crippen LogP contribution in [0, 0.1) is 5.92 Å². The Morgan fingerprint density at radius 2 is 1.74 bits per heavy atom. The van der Waals surface area contributed by atoms with Gasteiger partial charge in [0.15, 0.2) is 5.78 Å². The van der Waals surface area contributed by atoms with Crippen LogP contribution in [0.15, 0.2) is 29.4 Å². The molecule has 2 saturated heterocycles. The Morgan fingerprint density at radius 1 is 1.00 bits per heavy atom. The van der Waals surface area contributed by atoms with E-state index in [0.717, 1.165) is 24.3 Å². The molecule has 3 unspecified atom stereocenters. The van der Waals surface area contributed by atoms with E-state index in [-0.39, 0.29) is 29.8 Å². The summed E-state index contributed by atoms with van der Waals surface area (Å²) in [6.07, 6.45) is 7.46. The number of likely N-dealkylation sites (tertiary alicyclic amines) is 2. The van der Waals surface area contributed by atoms with Gasteiger partial charge in [-0.3, -0.25) is 19.2 Å². The summed E-state index contributed by atoms with van der Waals surface area (Å²) in [5, 5.41) is 10.6. The lowest BCUT2D eigenvalue weighted by Gasteiger charge is -2.31. The van der Waals surface area contributed by atoms with Gasteiger partial charge in [-0.2, -0.15) is 0 Å². The van der Waals surface area contributed by atoms with Crippen molar-refractivity contribution in [3.05, 3.63) is 24.4 Å². The molecule has 3 heterocycles. The Bertz CT molecular complexity index is 1010. The molecule has 0 spiro atoms. The second-order valence-corrected chi connectivity index (χ2v) is 12.7. The average Bonchev–Trinajstić information content (AvgIpc) is 3.60. The van der Waals surface area contributed by atoms with E-state index >= 15 is 0 Å². The first-order chi connectivity index (χ1) is 18.8. The minimum Gasteiger partial charge on any atom is -0.481 e. The van der Waals surface area contributed by atoms with Crippen LogP contribution in [0.5, 0.6) is 0 Å². The van der Waals surface area contributed by atoms with Crippen LogP contribution in [0.2, 0.25) is 0 Å². The monoisotopic (exact) mass is 577 g/mol. The van der Waals surface area contributed by atoms with E-state index in [2.05, 4.69) is 4.98 Å². The van der Waals surface area contributed by atoms with E-state index in [4.69, 9.17) is 0 Å². The molecule has 9 nitrogen and oxygen atoms in total. The van der Waals surface area contributed by atoms with Crippen LogP contribution in [0.1, 0.15) is 77.6 Å². The third-order valence-electron chi connectivity index (χ3n) is 7.33. The van der Waals surface area contributed by atoms with Gasteiger partial charge in [-0.1, -0.05) is 29.7 Å². The molecule has 39 heavy (non-hydrogen) atoms. The fourth-order valence-electron chi connectivity index (χ4n) is 5.28. The average molecular weight is 578 g/mol. The number of hydrogen-bond acceptors (Lipinski definition) is 8. The molecule has 1 aromatic rings. The fraction of sp³-hybridized carbons (Fsp3) is 0.643. The lowest BCUT2D eigenvalue weighted by molar-refractivity contribution is -0.148. The third kappa shape index (κ3) is 9.63. The first-order valence-corrected chi connectivity index (χ1v) is 16.1. The lowest BCUT2D eigenvalue weighted by atomic mass is 9.92. The molecule has 0 saturated carbocycles. The highest BCUT2D eigenvalue weighted by molar-refractivity contribution is 8.76. The molecule has 214 valence electrons. The molecule has 1 aromatic heterocycles. The number of carboxylic acid groups (broad SMARTS) is 1. The smallest absolute Gasteiger partial charge is 0.306 e.